The number of likely N-dealkylation sites (tertiary alicyclic amines) is 1. The molecule has 1 amide bonds. The molecule has 1 N–H and O–H groups in total. The number of unbranched alkanes of at least 4 members (excludes halogenated alkanes) is 1. The molecule has 1 aromatic rings. The lowest BCUT2D eigenvalue weighted by molar-refractivity contribution is -0.0919. The first-order chi connectivity index (χ1) is 15.4. The molecule has 8 nitrogen and oxygen atoms in total. The van der Waals surface area contributed by atoms with Crippen molar-refractivity contribution < 1.29 is 22.7 Å². The Kier molecular flexibility index (Phi) is 9.08. The molecule has 1 atom stereocenters. The minimum absolute atomic E-state index is 0.149. The molecule has 0 radical (unpaired) electrons. The molecule has 0 aromatic heterocycles. The summed E-state index contributed by atoms with van der Waals surface area (Å²) in [5.41, 5.74) is -0.0472. The van der Waals surface area contributed by atoms with Crippen molar-refractivity contribution in [3.63, 3.8) is 0 Å². The van der Waals surface area contributed by atoms with Crippen molar-refractivity contribution in [3.8, 4) is 0 Å². The van der Waals surface area contributed by atoms with Crippen molar-refractivity contribution >= 4 is 22.3 Å². The Balaban J connectivity index is 2.04. The number of carbonyl (C=O) groups is 1. The number of amides is 1. The molecule has 9 heteroatoms. The molecule has 0 bridgehead atoms. The largest absolute Gasteiger partial charge is 0.444 e. The van der Waals surface area contributed by atoms with Crippen LogP contribution >= 0.6 is 0 Å². The van der Waals surface area contributed by atoms with Gasteiger partial charge in [0.15, 0.2) is 0 Å². The molecule has 0 aliphatic carbocycles. The van der Waals surface area contributed by atoms with Gasteiger partial charge in [0.2, 0.25) is 0 Å². The van der Waals surface area contributed by atoms with Crippen LogP contribution < -0.4 is 4.83 Å². The number of rotatable bonds is 11. The SMILES string of the molecule is C=CC1(C(C/C=N/NS(=O)(=O)c2ccc(C)cc2)OCCCC)CN(C(=O)OC(C)(C)C)C1. The van der Waals surface area contributed by atoms with Gasteiger partial charge in [-0.25, -0.2) is 9.63 Å². The number of aryl methyl sites for hydroxylation is 1. The predicted octanol–water partition coefficient (Wildman–Crippen LogP) is 4.26. The van der Waals surface area contributed by atoms with Crippen LogP contribution in [-0.4, -0.2) is 57.0 Å². The van der Waals surface area contributed by atoms with Gasteiger partial charge in [-0.05, 0) is 46.2 Å². The van der Waals surface area contributed by atoms with Crippen LogP contribution in [0.5, 0.6) is 0 Å². The van der Waals surface area contributed by atoms with Gasteiger partial charge in [-0.3, -0.25) is 0 Å². The number of sulfonamides is 1. The number of ether oxygens (including phenoxy) is 2. The Morgan fingerprint density at radius 2 is 1.94 bits per heavy atom. The van der Waals surface area contributed by atoms with Gasteiger partial charge in [0, 0.05) is 32.3 Å². The van der Waals surface area contributed by atoms with E-state index in [-0.39, 0.29) is 17.1 Å². The van der Waals surface area contributed by atoms with E-state index in [2.05, 4.69) is 23.4 Å². The van der Waals surface area contributed by atoms with E-state index in [1.165, 1.54) is 18.3 Å². The summed E-state index contributed by atoms with van der Waals surface area (Å²) in [5, 5.41) is 3.94. The zero-order chi connectivity index (χ0) is 24.7. The zero-order valence-electron chi connectivity index (χ0n) is 20.3. The van der Waals surface area contributed by atoms with Crippen molar-refractivity contribution in [2.75, 3.05) is 19.7 Å². The van der Waals surface area contributed by atoms with Crippen LogP contribution in [0.15, 0.2) is 46.9 Å². The maximum absolute atomic E-state index is 12.4. The summed E-state index contributed by atoms with van der Waals surface area (Å²) in [4.78, 5) is 16.4. The summed E-state index contributed by atoms with van der Waals surface area (Å²) in [6, 6.07) is 6.54. The van der Waals surface area contributed by atoms with E-state index >= 15 is 0 Å². The fourth-order valence-electron chi connectivity index (χ4n) is 3.45. The summed E-state index contributed by atoms with van der Waals surface area (Å²) in [7, 11) is -3.74. The first-order valence-electron chi connectivity index (χ1n) is 11.3. The topological polar surface area (TPSA) is 97.3 Å². The summed E-state index contributed by atoms with van der Waals surface area (Å²) < 4.78 is 36.4. The molecule has 1 fully saturated rings. The normalized spacial score (nSPS) is 16.8. The number of nitrogens with zero attached hydrogens (tertiary/aromatic N) is 2. The van der Waals surface area contributed by atoms with Crippen LogP contribution in [-0.2, 0) is 19.5 Å². The minimum atomic E-state index is -3.74. The van der Waals surface area contributed by atoms with E-state index in [9.17, 15) is 13.2 Å². The Hall–Kier alpha value is -2.39. The molecule has 1 aromatic carbocycles. The van der Waals surface area contributed by atoms with Gasteiger partial charge in [-0.1, -0.05) is 37.1 Å². The average Bonchev–Trinajstić information content (AvgIpc) is 2.69. The van der Waals surface area contributed by atoms with Gasteiger partial charge >= 0.3 is 6.09 Å². The van der Waals surface area contributed by atoms with Crippen LogP contribution in [0.4, 0.5) is 4.79 Å². The third-order valence-corrected chi connectivity index (χ3v) is 6.64. The fourth-order valence-corrected chi connectivity index (χ4v) is 4.26. The molecule has 184 valence electrons. The van der Waals surface area contributed by atoms with Crippen LogP contribution in [0, 0.1) is 12.3 Å². The molecule has 0 spiro atoms. The van der Waals surface area contributed by atoms with Crippen molar-refractivity contribution in [1.82, 2.24) is 9.73 Å². The second-order valence-electron chi connectivity index (χ2n) is 9.44. The third kappa shape index (κ3) is 7.57. The molecular weight excluding hydrogens is 442 g/mol. The molecule has 0 saturated carbocycles. The maximum atomic E-state index is 12.4. The highest BCUT2D eigenvalue weighted by atomic mass is 32.2. The molecule has 1 heterocycles. The quantitative estimate of drug-likeness (QED) is 0.221. The molecule has 2 rings (SSSR count). The highest BCUT2D eigenvalue weighted by Crippen LogP contribution is 2.39. The summed E-state index contributed by atoms with van der Waals surface area (Å²) in [6.07, 6.45) is 4.91. The minimum Gasteiger partial charge on any atom is -0.444 e. The molecule has 33 heavy (non-hydrogen) atoms. The van der Waals surface area contributed by atoms with Gasteiger partial charge in [0.25, 0.3) is 10.0 Å². The van der Waals surface area contributed by atoms with E-state index in [0.29, 0.717) is 26.1 Å². The van der Waals surface area contributed by atoms with Crippen molar-refractivity contribution in [2.45, 2.75) is 70.5 Å². The Morgan fingerprint density at radius 3 is 2.48 bits per heavy atom. The average molecular weight is 480 g/mol. The van der Waals surface area contributed by atoms with Crippen molar-refractivity contribution in [3.05, 3.63) is 42.5 Å². The number of carbonyl (C=O) groups excluding carboxylic acids is 1. The molecule has 1 saturated heterocycles. The number of benzene rings is 1. The van der Waals surface area contributed by atoms with Crippen LogP contribution in [0.25, 0.3) is 0 Å². The Bertz CT molecular complexity index is 930. The van der Waals surface area contributed by atoms with E-state index < -0.39 is 21.0 Å². The second-order valence-corrected chi connectivity index (χ2v) is 11.1. The number of hydrogen-bond acceptors (Lipinski definition) is 6. The number of nitrogens with one attached hydrogen (secondary N) is 1. The van der Waals surface area contributed by atoms with Crippen LogP contribution in [0.3, 0.4) is 0 Å². The lowest BCUT2D eigenvalue weighted by Gasteiger charge is -2.51. The van der Waals surface area contributed by atoms with Gasteiger partial charge in [0.05, 0.1) is 16.4 Å². The summed E-state index contributed by atoms with van der Waals surface area (Å²) >= 11 is 0. The highest BCUT2D eigenvalue weighted by Gasteiger charge is 2.49. The van der Waals surface area contributed by atoms with E-state index in [0.717, 1.165) is 18.4 Å². The van der Waals surface area contributed by atoms with Crippen LogP contribution in [0.2, 0.25) is 0 Å². The van der Waals surface area contributed by atoms with Gasteiger partial charge in [-0.2, -0.15) is 13.5 Å². The molecular formula is C24H37N3O5S. The Morgan fingerprint density at radius 1 is 1.30 bits per heavy atom. The monoisotopic (exact) mass is 479 g/mol. The lowest BCUT2D eigenvalue weighted by atomic mass is 9.74. The third-order valence-electron chi connectivity index (χ3n) is 5.40. The number of hydrazone groups is 1. The Labute approximate surface area is 198 Å². The van der Waals surface area contributed by atoms with Crippen molar-refractivity contribution in [2.24, 2.45) is 10.5 Å². The van der Waals surface area contributed by atoms with Crippen LogP contribution in [0.1, 0.15) is 52.5 Å². The summed E-state index contributed by atoms with van der Waals surface area (Å²) in [6.45, 7) is 14.8. The van der Waals surface area contributed by atoms with Gasteiger partial charge in [0.1, 0.15) is 5.60 Å². The molecule has 1 aliphatic heterocycles. The van der Waals surface area contributed by atoms with E-state index in [1.54, 1.807) is 17.0 Å². The molecule has 1 aliphatic rings. The van der Waals surface area contributed by atoms with Crippen molar-refractivity contribution in [1.29, 1.82) is 0 Å². The smallest absolute Gasteiger partial charge is 0.410 e. The fraction of sp³-hybridized carbons (Fsp3) is 0.583. The van der Waals surface area contributed by atoms with E-state index in [4.69, 9.17) is 9.47 Å². The van der Waals surface area contributed by atoms with Gasteiger partial charge < -0.3 is 14.4 Å². The highest BCUT2D eigenvalue weighted by molar-refractivity contribution is 7.89. The first kappa shape index (κ1) is 26.9. The zero-order valence-corrected chi connectivity index (χ0v) is 21.2. The molecule has 1 unspecified atom stereocenters. The lowest BCUT2D eigenvalue weighted by Crippen LogP contribution is -2.63. The predicted molar refractivity (Wildman–Crippen MR) is 130 cm³/mol. The van der Waals surface area contributed by atoms with E-state index in [1.807, 2.05) is 33.8 Å². The number of hydrogen-bond donors (Lipinski definition) is 1. The first-order valence-corrected chi connectivity index (χ1v) is 12.7. The maximum Gasteiger partial charge on any atom is 0.410 e. The summed E-state index contributed by atoms with van der Waals surface area (Å²) in [5.74, 6) is 0. The standard InChI is InChI=1S/C24H37N3O5S/c1-7-9-16-31-21(24(8-2)17-27(18-24)22(28)32-23(4,5)6)14-15-25-26-33(29,30)20-12-10-19(3)11-13-20/h8,10-13,15,21,26H,2,7,9,14,16-18H2,1,3-6H3/b25-15+. The second kappa shape index (κ2) is 11.2. The van der Waals surface area contributed by atoms with Gasteiger partial charge in [-0.15, -0.1) is 6.58 Å².